The third-order valence-corrected chi connectivity index (χ3v) is 3.38. The molecule has 0 aromatic rings. The van der Waals surface area contributed by atoms with Crippen molar-refractivity contribution in [3.05, 3.63) is 11.6 Å². The Morgan fingerprint density at radius 3 is 2.88 bits per heavy atom. The first-order valence-corrected chi connectivity index (χ1v) is 6.82. The maximum atomic E-state index is 5.45. The van der Waals surface area contributed by atoms with E-state index in [2.05, 4.69) is 25.4 Å². The zero-order valence-electron chi connectivity index (χ0n) is 10.9. The highest BCUT2D eigenvalue weighted by molar-refractivity contribution is 5.11. The molecule has 1 aliphatic rings. The number of hydrogen-bond donors (Lipinski definition) is 1. The first-order chi connectivity index (χ1) is 7.88. The number of hydrogen-bond acceptors (Lipinski definition) is 2. The van der Waals surface area contributed by atoms with Crippen LogP contribution in [0.3, 0.4) is 0 Å². The lowest BCUT2D eigenvalue weighted by atomic mass is 9.93. The highest BCUT2D eigenvalue weighted by Crippen LogP contribution is 2.20. The van der Waals surface area contributed by atoms with Gasteiger partial charge in [0.25, 0.3) is 0 Å². The average molecular weight is 225 g/mol. The summed E-state index contributed by atoms with van der Waals surface area (Å²) in [6.45, 7) is 3.76. The predicted octanol–water partition coefficient (Wildman–Crippen LogP) is 3.28. The average Bonchev–Trinajstić information content (AvgIpc) is 2.25. The highest BCUT2D eigenvalue weighted by atomic mass is 16.5. The summed E-state index contributed by atoms with van der Waals surface area (Å²) in [5.74, 6) is 0. The number of rotatable bonds is 6. The van der Waals surface area contributed by atoms with E-state index in [0.29, 0.717) is 6.04 Å². The minimum Gasteiger partial charge on any atom is -0.382 e. The van der Waals surface area contributed by atoms with E-state index >= 15 is 0 Å². The van der Waals surface area contributed by atoms with Crippen LogP contribution in [0.2, 0.25) is 0 Å². The van der Waals surface area contributed by atoms with E-state index in [1.807, 2.05) is 0 Å². The Morgan fingerprint density at radius 1 is 1.31 bits per heavy atom. The summed E-state index contributed by atoms with van der Waals surface area (Å²) >= 11 is 0. The van der Waals surface area contributed by atoms with Gasteiger partial charge in [-0.05, 0) is 46.1 Å². The fourth-order valence-corrected chi connectivity index (χ4v) is 2.39. The fraction of sp³-hybridized carbons (Fsp3) is 0.857. The zero-order valence-corrected chi connectivity index (χ0v) is 10.9. The molecule has 1 rings (SSSR count). The summed E-state index contributed by atoms with van der Waals surface area (Å²) in [5, 5.41) is 3.43. The summed E-state index contributed by atoms with van der Waals surface area (Å²) in [6.07, 6.45) is 11.7. The molecule has 0 saturated heterocycles. The lowest BCUT2D eigenvalue weighted by Gasteiger charge is -2.21. The van der Waals surface area contributed by atoms with Crippen molar-refractivity contribution < 1.29 is 4.74 Å². The number of nitrogens with one attached hydrogen (secondary N) is 1. The lowest BCUT2D eigenvalue weighted by molar-refractivity contribution is 0.139. The Morgan fingerprint density at radius 2 is 2.12 bits per heavy atom. The van der Waals surface area contributed by atoms with Crippen molar-refractivity contribution in [3.8, 4) is 0 Å². The third-order valence-electron chi connectivity index (χ3n) is 3.38. The van der Waals surface area contributed by atoms with E-state index < -0.39 is 0 Å². The molecule has 0 amide bonds. The van der Waals surface area contributed by atoms with Crippen molar-refractivity contribution in [2.24, 2.45) is 0 Å². The number of ether oxygens (including phenoxy) is 1. The van der Waals surface area contributed by atoms with Crippen LogP contribution < -0.4 is 5.32 Å². The largest absolute Gasteiger partial charge is 0.382 e. The van der Waals surface area contributed by atoms with Gasteiger partial charge < -0.3 is 10.1 Å². The van der Waals surface area contributed by atoms with Gasteiger partial charge in [-0.3, -0.25) is 0 Å². The molecule has 0 aromatic carbocycles. The summed E-state index contributed by atoms with van der Waals surface area (Å²) in [7, 11) is 2.07. The minimum absolute atomic E-state index is 0.532. The van der Waals surface area contributed by atoms with Gasteiger partial charge in [0.2, 0.25) is 0 Å². The van der Waals surface area contributed by atoms with E-state index in [9.17, 15) is 0 Å². The Balaban J connectivity index is 2.41. The van der Waals surface area contributed by atoms with Crippen molar-refractivity contribution in [3.63, 3.8) is 0 Å². The molecular formula is C14H27NO. The van der Waals surface area contributed by atoms with Crippen molar-refractivity contribution >= 4 is 0 Å². The second-order valence-electron chi connectivity index (χ2n) is 4.56. The highest BCUT2D eigenvalue weighted by Gasteiger charge is 2.12. The molecule has 2 nitrogen and oxygen atoms in total. The Kier molecular flexibility index (Phi) is 7.52. The quantitative estimate of drug-likeness (QED) is 0.553. The summed E-state index contributed by atoms with van der Waals surface area (Å²) in [5.41, 5.74) is 1.61. The van der Waals surface area contributed by atoms with E-state index in [1.165, 1.54) is 38.5 Å². The van der Waals surface area contributed by atoms with Crippen LogP contribution in [-0.4, -0.2) is 26.3 Å². The Bertz CT molecular complexity index is 201. The van der Waals surface area contributed by atoms with Gasteiger partial charge in [-0.1, -0.05) is 24.5 Å². The second-order valence-corrected chi connectivity index (χ2v) is 4.56. The van der Waals surface area contributed by atoms with E-state index in [1.54, 1.807) is 5.57 Å². The Hall–Kier alpha value is -0.340. The smallest absolute Gasteiger partial charge is 0.0483 e. The SMILES string of the molecule is CCOCCC(NC)C1=CCCCCCC1. The Labute approximate surface area is 100 Å². The van der Waals surface area contributed by atoms with Crippen LogP contribution in [0, 0.1) is 0 Å². The summed E-state index contributed by atoms with van der Waals surface area (Å²) in [6, 6.07) is 0.532. The van der Waals surface area contributed by atoms with Crippen LogP contribution in [0.5, 0.6) is 0 Å². The van der Waals surface area contributed by atoms with Crippen LogP contribution in [0.1, 0.15) is 51.9 Å². The fourth-order valence-electron chi connectivity index (χ4n) is 2.39. The first kappa shape index (κ1) is 13.7. The monoisotopic (exact) mass is 225 g/mol. The molecule has 1 unspecified atom stereocenters. The minimum atomic E-state index is 0.532. The topological polar surface area (TPSA) is 21.3 Å². The molecule has 0 aromatic heterocycles. The van der Waals surface area contributed by atoms with Crippen LogP contribution in [0.4, 0.5) is 0 Å². The molecule has 0 heterocycles. The molecule has 0 radical (unpaired) electrons. The van der Waals surface area contributed by atoms with Crippen molar-refractivity contribution in [1.29, 1.82) is 0 Å². The van der Waals surface area contributed by atoms with Crippen LogP contribution in [0.15, 0.2) is 11.6 Å². The van der Waals surface area contributed by atoms with Crippen molar-refractivity contribution in [2.75, 3.05) is 20.3 Å². The summed E-state index contributed by atoms with van der Waals surface area (Å²) in [4.78, 5) is 0. The number of likely N-dealkylation sites (N-methyl/N-ethyl adjacent to an activating group) is 1. The normalized spacial score (nSPS) is 19.8. The van der Waals surface area contributed by atoms with Gasteiger partial charge in [-0.25, -0.2) is 0 Å². The first-order valence-electron chi connectivity index (χ1n) is 6.82. The maximum Gasteiger partial charge on any atom is 0.0483 e. The molecule has 2 heteroatoms. The lowest BCUT2D eigenvalue weighted by Crippen LogP contribution is -2.29. The van der Waals surface area contributed by atoms with E-state index in [0.717, 1.165) is 19.6 Å². The van der Waals surface area contributed by atoms with Crippen molar-refractivity contribution in [2.45, 2.75) is 57.9 Å². The number of allylic oxidation sites excluding steroid dienone is 1. The third kappa shape index (κ3) is 5.13. The molecular weight excluding hydrogens is 198 g/mol. The van der Waals surface area contributed by atoms with Gasteiger partial charge in [0.05, 0.1) is 0 Å². The molecule has 94 valence electrons. The maximum absolute atomic E-state index is 5.45. The van der Waals surface area contributed by atoms with Crippen LogP contribution >= 0.6 is 0 Å². The molecule has 1 atom stereocenters. The molecule has 16 heavy (non-hydrogen) atoms. The van der Waals surface area contributed by atoms with Gasteiger partial charge in [0.1, 0.15) is 0 Å². The standard InChI is InChI=1S/C14H27NO/c1-3-16-12-11-14(15-2)13-9-7-5-4-6-8-10-13/h9,14-15H,3-8,10-12H2,1-2H3. The van der Waals surface area contributed by atoms with Crippen molar-refractivity contribution in [1.82, 2.24) is 5.32 Å². The van der Waals surface area contributed by atoms with Gasteiger partial charge >= 0.3 is 0 Å². The second kappa shape index (κ2) is 8.77. The van der Waals surface area contributed by atoms with Gasteiger partial charge in [-0.15, -0.1) is 0 Å². The zero-order chi connectivity index (χ0) is 11.6. The van der Waals surface area contributed by atoms with E-state index in [4.69, 9.17) is 4.74 Å². The predicted molar refractivity (Wildman–Crippen MR) is 69.7 cm³/mol. The summed E-state index contributed by atoms with van der Waals surface area (Å²) < 4.78 is 5.45. The molecule has 0 fully saturated rings. The molecule has 0 aliphatic heterocycles. The molecule has 0 spiro atoms. The molecule has 1 N–H and O–H groups in total. The molecule has 0 saturated carbocycles. The van der Waals surface area contributed by atoms with Crippen LogP contribution in [-0.2, 0) is 4.74 Å². The van der Waals surface area contributed by atoms with Gasteiger partial charge in [0, 0.05) is 19.3 Å². The van der Waals surface area contributed by atoms with E-state index in [-0.39, 0.29) is 0 Å². The van der Waals surface area contributed by atoms with Gasteiger partial charge in [-0.2, -0.15) is 0 Å². The van der Waals surface area contributed by atoms with Gasteiger partial charge in [0.15, 0.2) is 0 Å². The molecule has 1 aliphatic carbocycles. The molecule has 0 bridgehead atoms. The van der Waals surface area contributed by atoms with Crippen LogP contribution in [0.25, 0.3) is 0 Å².